The van der Waals surface area contributed by atoms with Gasteiger partial charge in [0.2, 0.25) is 0 Å². The molecule has 138 valence electrons. The lowest BCUT2D eigenvalue weighted by Crippen LogP contribution is -2.26. The highest BCUT2D eigenvalue weighted by Gasteiger charge is 2.31. The van der Waals surface area contributed by atoms with Crippen LogP contribution < -0.4 is 0 Å². The third-order valence-corrected chi connectivity index (χ3v) is 5.23. The van der Waals surface area contributed by atoms with E-state index in [1.54, 1.807) is 18.6 Å². The van der Waals surface area contributed by atoms with E-state index in [1.165, 1.54) is 0 Å². The Hall–Kier alpha value is -3.54. The summed E-state index contributed by atoms with van der Waals surface area (Å²) in [5, 5.41) is 0. The molecular formula is C22H19N5O. The summed E-state index contributed by atoms with van der Waals surface area (Å²) in [6, 6.07) is 9.81. The van der Waals surface area contributed by atoms with Crippen molar-refractivity contribution in [1.29, 1.82) is 0 Å². The van der Waals surface area contributed by atoms with Crippen LogP contribution in [0.4, 0.5) is 0 Å². The number of carbonyl (C=O) groups is 1. The zero-order chi connectivity index (χ0) is 19.1. The number of rotatable bonds is 4. The van der Waals surface area contributed by atoms with Gasteiger partial charge in [-0.3, -0.25) is 14.8 Å². The van der Waals surface area contributed by atoms with Crippen molar-refractivity contribution in [2.75, 3.05) is 6.54 Å². The molecule has 0 spiro atoms. The van der Waals surface area contributed by atoms with Crippen LogP contribution in [-0.4, -0.2) is 36.7 Å². The molecule has 1 aliphatic heterocycles. The largest absolute Gasteiger partial charge is 0.332 e. The maximum Gasteiger partial charge on any atom is 0.256 e. The van der Waals surface area contributed by atoms with Gasteiger partial charge in [-0.05, 0) is 47.9 Å². The molecule has 0 N–H and O–H groups in total. The molecule has 6 heteroatoms. The highest BCUT2D eigenvalue weighted by molar-refractivity contribution is 6.03. The second-order valence-corrected chi connectivity index (χ2v) is 7.05. The lowest BCUT2D eigenvalue weighted by Gasteiger charge is -2.14. The van der Waals surface area contributed by atoms with Gasteiger partial charge in [0.25, 0.3) is 5.91 Å². The van der Waals surface area contributed by atoms with Crippen LogP contribution >= 0.6 is 0 Å². The van der Waals surface area contributed by atoms with Gasteiger partial charge in [0, 0.05) is 43.9 Å². The van der Waals surface area contributed by atoms with Crippen molar-refractivity contribution >= 4 is 11.6 Å². The Bertz CT molecular complexity index is 1180. The van der Waals surface area contributed by atoms with Gasteiger partial charge < -0.3 is 9.30 Å². The Kier molecular flexibility index (Phi) is 3.90. The SMILES string of the molecule is Cc1cccn2cc(CCN3Cc4nccc(-c5ccncc5)c4C3=O)nc12. The smallest absolute Gasteiger partial charge is 0.256 e. The van der Waals surface area contributed by atoms with Crippen LogP contribution in [0.5, 0.6) is 0 Å². The summed E-state index contributed by atoms with van der Waals surface area (Å²) in [5.41, 5.74) is 6.55. The van der Waals surface area contributed by atoms with Gasteiger partial charge in [0.15, 0.2) is 0 Å². The monoisotopic (exact) mass is 369 g/mol. The van der Waals surface area contributed by atoms with Crippen LogP contribution in [0.15, 0.2) is 61.3 Å². The minimum Gasteiger partial charge on any atom is -0.332 e. The highest BCUT2D eigenvalue weighted by atomic mass is 16.2. The fraction of sp³-hybridized carbons (Fsp3) is 0.182. The first kappa shape index (κ1) is 16.6. The molecule has 0 unspecified atom stereocenters. The van der Waals surface area contributed by atoms with Crippen molar-refractivity contribution in [2.24, 2.45) is 0 Å². The average Bonchev–Trinajstić information content (AvgIpc) is 3.29. The maximum absolute atomic E-state index is 13.1. The number of nitrogens with zero attached hydrogens (tertiary/aromatic N) is 5. The van der Waals surface area contributed by atoms with Gasteiger partial charge >= 0.3 is 0 Å². The van der Waals surface area contributed by atoms with Gasteiger partial charge in [0.1, 0.15) is 5.65 Å². The van der Waals surface area contributed by atoms with Crippen molar-refractivity contribution < 1.29 is 4.79 Å². The Morgan fingerprint density at radius 1 is 1.11 bits per heavy atom. The average molecular weight is 369 g/mol. The van der Waals surface area contributed by atoms with Crippen LogP contribution in [0.1, 0.15) is 27.3 Å². The maximum atomic E-state index is 13.1. The normalized spacial score (nSPS) is 13.3. The molecule has 6 nitrogen and oxygen atoms in total. The predicted molar refractivity (Wildman–Crippen MR) is 106 cm³/mol. The molecule has 4 aromatic heterocycles. The predicted octanol–water partition coefficient (Wildman–Crippen LogP) is 3.30. The van der Waals surface area contributed by atoms with Crippen LogP contribution in [0.3, 0.4) is 0 Å². The molecule has 1 amide bonds. The molecule has 1 aliphatic rings. The molecule has 0 fully saturated rings. The number of pyridine rings is 3. The van der Waals surface area contributed by atoms with Crippen molar-refractivity contribution in [3.63, 3.8) is 0 Å². The van der Waals surface area contributed by atoms with Gasteiger partial charge in [-0.2, -0.15) is 0 Å². The van der Waals surface area contributed by atoms with E-state index in [1.807, 2.05) is 46.0 Å². The molecule has 0 radical (unpaired) electrons. The Morgan fingerprint density at radius 3 is 2.79 bits per heavy atom. The summed E-state index contributed by atoms with van der Waals surface area (Å²) < 4.78 is 2.04. The zero-order valence-electron chi connectivity index (χ0n) is 15.5. The van der Waals surface area contributed by atoms with Gasteiger partial charge in [-0.15, -0.1) is 0 Å². The van der Waals surface area contributed by atoms with Crippen molar-refractivity contribution in [3.8, 4) is 11.1 Å². The molecular weight excluding hydrogens is 350 g/mol. The molecule has 0 saturated heterocycles. The topological polar surface area (TPSA) is 63.4 Å². The Labute approximate surface area is 162 Å². The van der Waals surface area contributed by atoms with Gasteiger partial charge in [-0.25, -0.2) is 4.98 Å². The first-order valence-electron chi connectivity index (χ1n) is 9.31. The second kappa shape index (κ2) is 6.56. The molecule has 4 aromatic rings. The molecule has 0 saturated carbocycles. The first-order valence-corrected chi connectivity index (χ1v) is 9.31. The number of fused-ring (bicyclic) bond motifs is 2. The fourth-order valence-corrected chi connectivity index (χ4v) is 3.80. The number of carbonyl (C=O) groups excluding carboxylic acids is 1. The van der Waals surface area contributed by atoms with Crippen LogP contribution in [0.25, 0.3) is 16.8 Å². The van der Waals surface area contributed by atoms with Crippen molar-refractivity contribution in [3.05, 3.63) is 83.8 Å². The number of hydrogen-bond acceptors (Lipinski definition) is 4. The van der Waals surface area contributed by atoms with Crippen LogP contribution in [0.2, 0.25) is 0 Å². The summed E-state index contributed by atoms with van der Waals surface area (Å²) in [6.07, 6.45) is 10.0. The van der Waals surface area contributed by atoms with E-state index in [4.69, 9.17) is 4.98 Å². The Balaban J connectivity index is 1.39. The number of imidazole rings is 1. The van der Waals surface area contributed by atoms with Gasteiger partial charge in [0.05, 0.1) is 23.5 Å². The molecule has 5 heterocycles. The van der Waals surface area contributed by atoms with Crippen molar-refractivity contribution in [1.82, 2.24) is 24.3 Å². The molecule has 28 heavy (non-hydrogen) atoms. The number of aromatic nitrogens is 4. The van der Waals surface area contributed by atoms with E-state index in [0.717, 1.165) is 33.7 Å². The minimum absolute atomic E-state index is 0.0369. The summed E-state index contributed by atoms with van der Waals surface area (Å²) in [5.74, 6) is 0.0369. The highest BCUT2D eigenvalue weighted by Crippen LogP contribution is 2.31. The first-order chi connectivity index (χ1) is 13.7. The summed E-state index contributed by atoms with van der Waals surface area (Å²) >= 11 is 0. The molecule has 0 atom stereocenters. The second-order valence-electron chi connectivity index (χ2n) is 7.05. The number of hydrogen-bond donors (Lipinski definition) is 0. The summed E-state index contributed by atoms with van der Waals surface area (Å²) in [6.45, 7) is 3.21. The third-order valence-electron chi connectivity index (χ3n) is 5.23. The molecule has 5 rings (SSSR count). The standard InChI is InChI=1S/C22H19N5O/c1-15-3-2-11-26-13-17(25-21(15)26)7-12-27-14-19-20(22(27)28)18(6-10-24-19)16-4-8-23-9-5-16/h2-6,8-11,13H,7,12,14H2,1H3. The van der Waals surface area contributed by atoms with E-state index in [-0.39, 0.29) is 5.91 Å². The molecule has 0 bridgehead atoms. The Morgan fingerprint density at radius 2 is 1.96 bits per heavy atom. The zero-order valence-corrected chi connectivity index (χ0v) is 15.5. The summed E-state index contributed by atoms with van der Waals surface area (Å²) in [4.78, 5) is 28.2. The van der Waals surface area contributed by atoms with E-state index in [9.17, 15) is 4.79 Å². The number of aryl methyl sites for hydroxylation is 1. The minimum atomic E-state index is 0.0369. The van der Waals surface area contributed by atoms with Gasteiger partial charge in [-0.1, -0.05) is 6.07 Å². The van der Waals surface area contributed by atoms with Crippen LogP contribution in [-0.2, 0) is 13.0 Å². The third kappa shape index (κ3) is 2.74. The molecule has 0 aliphatic carbocycles. The van der Waals surface area contributed by atoms with Crippen molar-refractivity contribution in [2.45, 2.75) is 19.9 Å². The van der Waals surface area contributed by atoms with E-state index < -0.39 is 0 Å². The lowest BCUT2D eigenvalue weighted by molar-refractivity contribution is 0.0780. The van der Waals surface area contributed by atoms with Crippen LogP contribution in [0, 0.1) is 6.92 Å². The number of amides is 1. The van der Waals surface area contributed by atoms with E-state index >= 15 is 0 Å². The molecule has 0 aromatic carbocycles. The lowest BCUT2D eigenvalue weighted by atomic mass is 10.0. The summed E-state index contributed by atoms with van der Waals surface area (Å²) in [7, 11) is 0. The fourth-order valence-electron chi connectivity index (χ4n) is 3.80. The quantitative estimate of drug-likeness (QED) is 0.554. The van der Waals surface area contributed by atoms with E-state index in [2.05, 4.69) is 23.0 Å². The van der Waals surface area contributed by atoms with E-state index in [0.29, 0.717) is 25.1 Å².